The summed E-state index contributed by atoms with van der Waals surface area (Å²) in [5.74, 6) is 3.99. The second kappa shape index (κ2) is 6.99. The maximum Gasteiger partial charge on any atom is 0.240 e. The third kappa shape index (κ3) is 2.93. The molecule has 2 aromatic carbocycles. The predicted molar refractivity (Wildman–Crippen MR) is 124 cm³/mol. The van der Waals surface area contributed by atoms with Gasteiger partial charge in [0.15, 0.2) is 0 Å². The maximum atomic E-state index is 5.95. The molecule has 2 aliphatic heterocycles. The summed E-state index contributed by atoms with van der Waals surface area (Å²) in [6, 6.07) is 13.1. The molecule has 0 bridgehead atoms. The lowest BCUT2D eigenvalue weighted by Crippen LogP contribution is -2.06. The summed E-state index contributed by atoms with van der Waals surface area (Å²) in [4.78, 5) is 16.1. The van der Waals surface area contributed by atoms with Gasteiger partial charge in [-0.05, 0) is 34.4 Å². The van der Waals surface area contributed by atoms with Crippen LogP contribution >= 0.6 is 0 Å². The molecule has 2 N–H and O–H groups in total. The summed E-state index contributed by atoms with van der Waals surface area (Å²) < 4.78 is 11.9. The molecule has 0 aliphatic carbocycles. The predicted octanol–water partition coefficient (Wildman–Crippen LogP) is 6.17. The second-order valence-corrected chi connectivity index (χ2v) is 9.23. The fraction of sp³-hybridized carbons (Fsp3) is 0.308. The average Bonchev–Trinajstić information content (AvgIpc) is 3.43. The highest BCUT2D eigenvalue weighted by molar-refractivity contribution is 5.79. The van der Waals surface area contributed by atoms with E-state index < -0.39 is 0 Å². The molecule has 6 rings (SSSR count). The van der Waals surface area contributed by atoms with Gasteiger partial charge in [-0.2, -0.15) is 9.97 Å². The first-order chi connectivity index (χ1) is 15.5. The van der Waals surface area contributed by atoms with Gasteiger partial charge in [0, 0.05) is 23.0 Å². The number of aromatic amines is 2. The fourth-order valence-electron chi connectivity index (χ4n) is 4.44. The number of benzene rings is 2. The van der Waals surface area contributed by atoms with Crippen LogP contribution in [-0.4, -0.2) is 19.9 Å². The molecule has 0 atom stereocenters. The highest BCUT2D eigenvalue weighted by Crippen LogP contribution is 2.41. The molecule has 32 heavy (non-hydrogen) atoms. The molecule has 0 spiro atoms. The van der Waals surface area contributed by atoms with Crippen molar-refractivity contribution in [1.82, 2.24) is 19.9 Å². The van der Waals surface area contributed by atoms with Crippen LogP contribution in [0.2, 0.25) is 0 Å². The monoisotopic (exact) mass is 426 g/mol. The van der Waals surface area contributed by atoms with Gasteiger partial charge in [0.05, 0.1) is 0 Å². The standard InChI is InChI=1S/C26H26N4O2/c1-13(2)23-27-21-19-7-5-15(9-17(19)11-31-25(21)29-23)16-6-8-20-18(10-16)12-32-26-22(20)28-24(30-26)14(3)4/h5-10,13-14H,11-12H2,1-4H3,(H,27,29)(H,28,30). The van der Waals surface area contributed by atoms with Gasteiger partial charge in [-0.3, -0.25) is 0 Å². The number of aromatic nitrogens is 4. The van der Waals surface area contributed by atoms with Crippen molar-refractivity contribution in [3.05, 3.63) is 59.2 Å². The van der Waals surface area contributed by atoms with Crippen LogP contribution in [0.5, 0.6) is 11.8 Å². The Bertz CT molecular complexity index is 1240. The number of rotatable bonds is 3. The first-order valence-electron chi connectivity index (χ1n) is 11.2. The van der Waals surface area contributed by atoms with E-state index in [0.717, 1.165) is 23.0 Å². The van der Waals surface area contributed by atoms with Crippen molar-refractivity contribution < 1.29 is 9.47 Å². The minimum Gasteiger partial charge on any atom is -0.471 e. The number of hydrogen-bond donors (Lipinski definition) is 2. The van der Waals surface area contributed by atoms with Crippen molar-refractivity contribution >= 4 is 0 Å². The van der Waals surface area contributed by atoms with Crippen LogP contribution in [0.15, 0.2) is 36.4 Å². The first-order valence-corrected chi connectivity index (χ1v) is 11.2. The van der Waals surface area contributed by atoms with Gasteiger partial charge in [-0.15, -0.1) is 0 Å². The van der Waals surface area contributed by atoms with Crippen LogP contribution in [0.25, 0.3) is 33.6 Å². The zero-order valence-corrected chi connectivity index (χ0v) is 18.7. The van der Waals surface area contributed by atoms with E-state index in [1.165, 1.54) is 33.4 Å². The van der Waals surface area contributed by atoms with Crippen LogP contribution in [0.4, 0.5) is 0 Å². The highest BCUT2D eigenvalue weighted by atomic mass is 16.5. The van der Waals surface area contributed by atoms with Crippen LogP contribution in [0.1, 0.15) is 62.3 Å². The van der Waals surface area contributed by atoms with Crippen molar-refractivity contribution in [2.75, 3.05) is 0 Å². The Hall–Kier alpha value is -3.54. The lowest BCUT2D eigenvalue weighted by molar-refractivity contribution is 0.290. The molecule has 6 heteroatoms. The Labute approximate surface area is 187 Å². The van der Waals surface area contributed by atoms with E-state index >= 15 is 0 Å². The third-order valence-electron chi connectivity index (χ3n) is 6.28. The zero-order valence-electron chi connectivity index (χ0n) is 18.7. The molecule has 0 amide bonds. The van der Waals surface area contributed by atoms with Crippen LogP contribution in [-0.2, 0) is 13.2 Å². The molecule has 0 fully saturated rings. The van der Waals surface area contributed by atoms with Gasteiger partial charge in [-0.25, -0.2) is 0 Å². The summed E-state index contributed by atoms with van der Waals surface area (Å²) in [5.41, 5.74) is 8.96. The molecule has 2 aromatic heterocycles. The number of nitrogens with one attached hydrogen (secondary N) is 2. The lowest BCUT2D eigenvalue weighted by Gasteiger charge is -2.19. The fourth-order valence-corrected chi connectivity index (χ4v) is 4.44. The van der Waals surface area contributed by atoms with Gasteiger partial charge < -0.3 is 19.4 Å². The number of imidazole rings is 2. The van der Waals surface area contributed by atoms with Crippen LogP contribution < -0.4 is 9.47 Å². The molecular formula is C26H26N4O2. The molecule has 4 heterocycles. The van der Waals surface area contributed by atoms with E-state index in [2.05, 4.69) is 84.0 Å². The Balaban J connectivity index is 1.36. The van der Waals surface area contributed by atoms with E-state index in [9.17, 15) is 0 Å². The van der Waals surface area contributed by atoms with Gasteiger partial charge in [-0.1, -0.05) is 52.0 Å². The number of nitrogens with zero attached hydrogens (tertiary/aromatic N) is 2. The van der Waals surface area contributed by atoms with E-state index in [4.69, 9.17) is 9.47 Å². The Morgan fingerprint density at radius 2 is 1.12 bits per heavy atom. The molecule has 0 saturated carbocycles. The normalized spacial score (nSPS) is 13.8. The van der Waals surface area contributed by atoms with Crippen molar-refractivity contribution in [3.8, 4) is 45.4 Å². The Morgan fingerprint density at radius 3 is 1.53 bits per heavy atom. The SMILES string of the molecule is CC(C)c1nc2c([nH]1)-c1ccc(-c3ccc4c(c3)COc3nc(C(C)C)[nH]c3-4)cc1CO2. The average molecular weight is 427 g/mol. The van der Waals surface area contributed by atoms with Crippen molar-refractivity contribution in [2.24, 2.45) is 0 Å². The minimum atomic E-state index is 0.330. The van der Waals surface area contributed by atoms with Crippen molar-refractivity contribution in [1.29, 1.82) is 0 Å². The van der Waals surface area contributed by atoms with E-state index in [0.29, 0.717) is 36.8 Å². The third-order valence-corrected chi connectivity index (χ3v) is 6.28. The maximum absolute atomic E-state index is 5.95. The van der Waals surface area contributed by atoms with Gasteiger partial charge in [0.1, 0.15) is 36.3 Å². The lowest BCUT2D eigenvalue weighted by atomic mass is 9.93. The van der Waals surface area contributed by atoms with Crippen LogP contribution in [0.3, 0.4) is 0 Å². The van der Waals surface area contributed by atoms with Crippen molar-refractivity contribution in [3.63, 3.8) is 0 Å². The Morgan fingerprint density at radius 1 is 0.688 bits per heavy atom. The number of H-pyrrole nitrogens is 2. The minimum absolute atomic E-state index is 0.330. The van der Waals surface area contributed by atoms with E-state index in [1.807, 2.05) is 0 Å². The number of ether oxygens (including phenoxy) is 2. The zero-order chi connectivity index (χ0) is 22.0. The smallest absolute Gasteiger partial charge is 0.240 e. The molecule has 162 valence electrons. The molecule has 0 radical (unpaired) electrons. The van der Waals surface area contributed by atoms with Gasteiger partial charge >= 0.3 is 0 Å². The largest absolute Gasteiger partial charge is 0.471 e. The second-order valence-electron chi connectivity index (χ2n) is 9.23. The molecule has 6 nitrogen and oxygen atoms in total. The number of fused-ring (bicyclic) bond motifs is 6. The summed E-state index contributed by atoms with van der Waals surface area (Å²) in [6.07, 6.45) is 0. The quantitative estimate of drug-likeness (QED) is 0.411. The van der Waals surface area contributed by atoms with Crippen molar-refractivity contribution in [2.45, 2.75) is 52.7 Å². The van der Waals surface area contributed by atoms with E-state index in [1.54, 1.807) is 0 Å². The summed E-state index contributed by atoms with van der Waals surface area (Å²) in [5, 5.41) is 0. The highest BCUT2D eigenvalue weighted by Gasteiger charge is 2.25. The van der Waals surface area contributed by atoms with Gasteiger partial charge in [0.25, 0.3) is 0 Å². The molecule has 0 unspecified atom stereocenters. The van der Waals surface area contributed by atoms with Gasteiger partial charge in [0.2, 0.25) is 11.8 Å². The summed E-state index contributed by atoms with van der Waals surface area (Å²) in [6.45, 7) is 9.58. The summed E-state index contributed by atoms with van der Waals surface area (Å²) >= 11 is 0. The van der Waals surface area contributed by atoms with E-state index in [-0.39, 0.29) is 0 Å². The summed E-state index contributed by atoms with van der Waals surface area (Å²) in [7, 11) is 0. The molecular weight excluding hydrogens is 400 g/mol. The van der Waals surface area contributed by atoms with Crippen LogP contribution in [0, 0.1) is 0 Å². The first kappa shape index (κ1) is 19.2. The topological polar surface area (TPSA) is 75.8 Å². The molecule has 0 saturated heterocycles. The molecule has 2 aliphatic rings. The Kier molecular flexibility index (Phi) is 4.18. The number of hydrogen-bond acceptors (Lipinski definition) is 4. The molecule has 4 aromatic rings.